The molecule has 0 amide bonds. The van der Waals surface area contributed by atoms with Gasteiger partial charge in [0.2, 0.25) is 0 Å². The van der Waals surface area contributed by atoms with Gasteiger partial charge in [0, 0.05) is 16.6 Å². The maximum atomic E-state index is 2.59. The first-order valence-corrected chi connectivity index (χ1v) is 13.1. The number of hydrogen-bond donors (Lipinski definition) is 0. The molecule has 0 saturated heterocycles. The highest BCUT2D eigenvalue weighted by Gasteiger charge is 2.42. The molecular weight excluding hydrogens is 434 g/mol. The van der Waals surface area contributed by atoms with Gasteiger partial charge in [-0.3, -0.25) is 0 Å². The molecule has 4 aromatic carbocycles. The van der Waals surface area contributed by atoms with E-state index in [0.717, 1.165) is 0 Å². The van der Waals surface area contributed by atoms with Crippen LogP contribution in [0.1, 0.15) is 72.1 Å². The van der Waals surface area contributed by atoms with Crippen molar-refractivity contribution in [2.45, 2.75) is 71.8 Å². The molecule has 0 N–H and O–H groups in total. The fourth-order valence-electron chi connectivity index (χ4n) is 5.97. The summed E-state index contributed by atoms with van der Waals surface area (Å²) in [6.07, 6.45) is 0. The Morgan fingerprint density at radius 3 is 1.78 bits per heavy atom. The number of benzene rings is 4. The fraction of sp³-hybridized carbons (Fsp3) is 0.314. The largest absolute Gasteiger partial charge is 0.336 e. The third-order valence-corrected chi connectivity index (χ3v) is 7.63. The van der Waals surface area contributed by atoms with Gasteiger partial charge in [0.05, 0.1) is 5.69 Å². The molecule has 0 bridgehead atoms. The fourth-order valence-corrected chi connectivity index (χ4v) is 5.97. The molecule has 4 aromatic rings. The highest BCUT2D eigenvalue weighted by Crippen LogP contribution is 2.56. The molecule has 184 valence electrons. The normalized spacial score (nSPS) is 14.3. The minimum atomic E-state index is -0.117. The Balaban J connectivity index is 1.78. The Labute approximate surface area is 217 Å². The summed E-state index contributed by atoms with van der Waals surface area (Å²) in [5.41, 5.74) is 11.9. The molecule has 0 spiro atoms. The number of fused-ring (bicyclic) bond motifs is 3. The maximum absolute atomic E-state index is 2.59. The molecule has 1 heteroatoms. The molecule has 1 aliphatic carbocycles. The van der Waals surface area contributed by atoms with Crippen molar-refractivity contribution in [3.63, 3.8) is 0 Å². The lowest BCUT2D eigenvalue weighted by Crippen LogP contribution is -2.40. The molecule has 36 heavy (non-hydrogen) atoms. The highest BCUT2D eigenvalue weighted by atomic mass is 15.2. The molecule has 0 saturated carbocycles. The number of nitrogens with zero attached hydrogens (tertiary/aromatic N) is 1. The van der Waals surface area contributed by atoms with Crippen LogP contribution in [0, 0.1) is 0 Å². The quantitative estimate of drug-likeness (QED) is 0.286. The molecule has 0 heterocycles. The average molecular weight is 474 g/mol. The van der Waals surface area contributed by atoms with Crippen molar-refractivity contribution in [3.05, 3.63) is 108 Å². The summed E-state index contributed by atoms with van der Waals surface area (Å²) in [7, 11) is 0. The van der Waals surface area contributed by atoms with Crippen molar-refractivity contribution in [1.29, 1.82) is 0 Å². The van der Waals surface area contributed by atoms with Crippen LogP contribution in [0.4, 0.5) is 11.4 Å². The van der Waals surface area contributed by atoms with E-state index >= 15 is 0 Å². The van der Waals surface area contributed by atoms with Gasteiger partial charge in [-0.05, 0) is 77.3 Å². The van der Waals surface area contributed by atoms with Crippen molar-refractivity contribution < 1.29 is 0 Å². The van der Waals surface area contributed by atoms with Gasteiger partial charge in [-0.1, -0.05) is 113 Å². The van der Waals surface area contributed by atoms with Crippen molar-refractivity contribution >= 4 is 11.4 Å². The van der Waals surface area contributed by atoms with Crippen LogP contribution in [0.3, 0.4) is 0 Å². The number of rotatable bonds is 3. The van der Waals surface area contributed by atoms with Gasteiger partial charge in [-0.15, -0.1) is 0 Å². The predicted molar refractivity (Wildman–Crippen MR) is 156 cm³/mol. The Morgan fingerprint density at radius 2 is 1.17 bits per heavy atom. The lowest BCUT2D eigenvalue weighted by atomic mass is 9.76. The van der Waals surface area contributed by atoms with Crippen LogP contribution in [-0.2, 0) is 10.8 Å². The van der Waals surface area contributed by atoms with Crippen molar-refractivity contribution in [2.75, 3.05) is 4.90 Å². The Kier molecular flexibility index (Phi) is 5.67. The third-order valence-electron chi connectivity index (χ3n) is 7.63. The van der Waals surface area contributed by atoms with Gasteiger partial charge >= 0.3 is 0 Å². The minimum Gasteiger partial charge on any atom is -0.336 e. The summed E-state index contributed by atoms with van der Waals surface area (Å²) in [6.45, 7) is 18.8. The van der Waals surface area contributed by atoms with Gasteiger partial charge < -0.3 is 4.90 Å². The Bertz CT molecular complexity index is 1390. The van der Waals surface area contributed by atoms with Crippen molar-refractivity contribution in [2.24, 2.45) is 0 Å². The van der Waals surface area contributed by atoms with Crippen LogP contribution in [0.2, 0.25) is 0 Å². The number of hydrogen-bond acceptors (Lipinski definition) is 1. The van der Waals surface area contributed by atoms with Gasteiger partial charge in [-0.25, -0.2) is 0 Å². The van der Waals surface area contributed by atoms with E-state index in [-0.39, 0.29) is 16.4 Å². The first-order chi connectivity index (χ1) is 16.9. The van der Waals surface area contributed by atoms with Gasteiger partial charge in [0.15, 0.2) is 0 Å². The SMILES string of the molecule is CC(C)(C)c1ccc2c(c1N(c1ccc(-c3ccccc3)cc1)C(C)(C)C)C(C)(C)c1ccccc1-2. The molecule has 0 atom stereocenters. The van der Waals surface area contributed by atoms with Gasteiger partial charge in [-0.2, -0.15) is 0 Å². The standard InChI is InChI=1S/C35H39N/c1-33(2,3)30-23-22-28-27-16-12-13-17-29(27)35(7,8)31(28)32(30)36(34(4,5)6)26-20-18-25(19-21-26)24-14-10-9-11-15-24/h9-23H,1-8H3. The van der Waals surface area contributed by atoms with Crippen LogP contribution in [0.25, 0.3) is 22.3 Å². The summed E-state index contributed by atoms with van der Waals surface area (Å²) < 4.78 is 0. The van der Waals surface area contributed by atoms with E-state index in [1.165, 1.54) is 50.3 Å². The summed E-state index contributed by atoms with van der Waals surface area (Å²) in [6, 6.07) is 33.5. The lowest BCUT2D eigenvalue weighted by molar-refractivity contribution is 0.535. The van der Waals surface area contributed by atoms with E-state index in [4.69, 9.17) is 0 Å². The average Bonchev–Trinajstić information content (AvgIpc) is 3.06. The summed E-state index contributed by atoms with van der Waals surface area (Å²) in [5, 5.41) is 0. The second-order valence-electron chi connectivity index (χ2n) is 12.7. The molecule has 5 rings (SSSR count). The van der Waals surface area contributed by atoms with Crippen LogP contribution >= 0.6 is 0 Å². The van der Waals surface area contributed by atoms with Crippen LogP contribution < -0.4 is 4.90 Å². The van der Waals surface area contributed by atoms with E-state index in [2.05, 4.69) is 151 Å². The summed E-state index contributed by atoms with van der Waals surface area (Å²) in [5.74, 6) is 0. The van der Waals surface area contributed by atoms with Gasteiger partial charge in [0.1, 0.15) is 0 Å². The first-order valence-electron chi connectivity index (χ1n) is 13.1. The van der Waals surface area contributed by atoms with E-state index in [1.807, 2.05) is 0 Å². The molecule has 0 fully saturated rings. The zero-order valence-corrected chi connectivity index (χ0v) is 23.1. The predicted octanol–water partition coefficient (Wildman–Crippen LogP) is 9.89. The molecule has 0 unspecified atom stereocenters. The van der Waals surface area contributed by atoms with E-state index in [9.17, 15) is 0 Å². The molecule has 0 radical (unpaired) electrons. The smallest absolute Gasteiger partial charge is 0.0501 e. The summed E-state index contributed by atoms with van der Waals surface area (Å²) >= 11 is 0. The van der Waals surface area contributed by atoms with Crippen LogP contribution in [-0.4, -0.2) is 5.54 Å². The third kappa shape index (κ3) is 3.95. The molecule has 1 aliphatic rings. The van der Waals surface area contributed by atoms with E-state index < -0.39 is 0 Å². The van der Waals surface area contributed by atoms with Crippen LogP contribution in [0.15, 0.2) is 91.0 Å². The van der Waals surface area contributed by atoms with E-state index in [1.54, 1.807) is 0 Å². The molecule has 1 nitrogen and oxygen atoms in total. The maximum Gasteiger partial charge on any atom is 0.0501 e. The topological polar surface area (TPSA) is 3.24 Å². The van der Waals surface area contributed by atoms with Gasteiger partial charge in [0.25, 0.3) is 0 Å². The van der Waals surface area contributed by atoms with Crippen molar-refractivity contribution in [3.8, 4) is 22.3 Å². The Morgan fingerprint density at radius 1 is 0.583 bits per heavy atom. The minimum absolute atomic E-state index is 0.00268. The zero-order chi connectivity index (χ0) is 25.9. The second-order valence-corrected chi connectivity index (χ2v) is 12.7. The number of anilines is 2. The highest BCUT2D eigenvalue weighted by molar-refractivity contribution is 5.90. The second kappa shape index (κ2) is 8.37. The molecule has 0 aromatic heterocycles. The zero-order valence-electron chi connectivity index (χ0n) is 23.1. The lowest BCUT2D eigenvalue weighted by Gasteiger charge is -2.44. The molecule has 0 aliphatic heterocycles. The monoisotopic (exact) mass is 473 g/mol. The first kappa shape index (κ1) is 24.4. The van der Waals surface area contributed by atoms with Crippen molar-refractivity contribution in [1.82, 2.24) is 0 Å². The summed E-state index contributed by atoms with van der Waals surface area (Å²) in [4.78, 5) is 2.59. The molecular formula is C35H39N. The Hall–Kier alpha value is -3.32. The van der Waals surface area contributed by atoms with E-state index in [0.29, 0.717) is 0 Å². The van der Waals surface area contributed by atoms with Crippen LogP contribution in [0.5, 0.6) is 0 Å².